The fourth-order valence-electron chi connectivity index (χ4n) is 10.5. The van der Waals surface area contributed by atoms with Crippen molar-refractivity contribution in [3.05, 3.63) is 11.6 Å². The van der Waals surface area contributed by atoms with Gasteiger partial charge in [-0.25, -0.2) is 0 Å². The largest absolute Gasteiger partial charge is 0.387 e. The Hall–Kier alpha value is -0.500. The van der Waals surface area contributed by atoms with E-state index in [9.17, 15) is 20.4 Å². The minimum atomic E-state index is -1.57. The third kappa shape index (κ3) is 5.36. The summed E-state index contributed by atoms with van der Waals surface area (Å²) in [5, 5.41) is 40.2. The van der Waals surface area contributed by atoms with E-state index in [4.69, 9.17) is 9.47 Å². The highest BCUT2D eigenvalue weighted by Gasteiger charge is 2.59. The highest BCUT2D eigenvalue weighted by atomic mass is 16.7. The van der Waals surface area contributed by atoms with Crippen LogP contribution in [-0.4, -0.2) is 57.4 Å². The lowest BCUT2D eigenvalue weighted by atomic mass is 9.47. The van der Waals surface area contributed by atoms with Crippen LogP contribution >= 0.6 is 0 Å². The molecule has 3 saturated carbocycles. The lowest BCUT2D eigenvalue weighted by molar-refractivity contribution is -0.348. The Kier molecular flexibility index (Phi) is 9.19. The molecule has 5 aliphatic rings. The quantitative estimate of drug-likeness (QED) is 0.279. The first kappa shape index (κ1) is 30.9. The van der Waals surface area contributed by atoms with E-state index in [1.165, 1.54) is 56.9 Å². The van der Waals surface area contributed by atoms with Crippen LogP contribution in [0, 0.1) is 52.3 Å². The zero-order valence-electron chi connectivity index (χ0n) is 26.0. The number of ether oxygens (including phenoxy) is 2. The second-order valence-electron chi connectivity index (χ2n) is 15.3. The first-order valence-electron chi connectivity index (χ1n) is 16.6. The number of allylic oxidation sites excluding steroid dienone is 1. The number of rotatable bonds is 8. The smallest absolute Gasteiger partial charge is 0.189 e. The van der Waals surface area contributed by atoms with E-state index in [1.54, 1.807) is 0 Å². The minimum absolute atomic E-state index is 0.131. The second kappa shape index (κ2) is 11.9. The molecule has 1 heterocycles. The monoisotopic (exact) mass is 562 g/mol. The molecule has 0 radical (unpaired) electrons. The van der Waals surface area contributed by atoms with Crippen molar-refractivity contribution < 1.29 is 29.9 Å². The van der Waals surface area contributed by atoms with Crippen molar-refractivity contribution in [2.45, 2.75) is 149 Å². The zero-order valence-corrected chi connectivity index (χ0v) is 26.0. The van der Waals surface area contributed by atoms with Crippen LogP contribution in [0.15, 0.2) is 11.6 Å². The molecule has 230 valence electrons. The van der Waals surface area contributed by atoms with Gasteiger partial charge in [-0.05, 0) is 110 Å². The molecule has 0 bridgehead atoms. The van der Waals surface area contributed by atoms with Crippen molar-refractivity contribution in [2.75, 3.05) is 0 Å². The topological polar surface area (TPSA) is 99.4 Å². The van der Waals surface area contributed by atoms with Crippen molar-refractivity contribution in [3.8, 4) is 0 Å². The molecule has 14 unspecified atom stereocenters. The highest BCUT2D eigenvalue weighted by molar-refractivity contribution is 5.25. The lowest BCUT2D eigenvalue weighted by Gasteiger charge is -2.58. The number of aliphatic hydroxyl groups excluding tert-OH is 4. The van der Waals surface area contributed by atoms with Crippen molar-refractivity contribution in [1.82, 2.24) is 0 Å². The van der Waals surface area contributed by atoms with Crippen LogP contribution in [0.2, 0.25) is 0 Å². The standard InChI is InChI=1S/C34H58O6/c1-7-21(19(2)3)9-8-20(4)25-12-13-26-24-11-10-22-18-23(39-32-30(37)28(35)29(36)31(38)40-32)14-16-33(22,5)27(24)15-17-34(25,26)6/h10,19-21,23-32,35-38H,7-9,11-18H2,1-6H3. The van der Waals surface area contributed by atoms with Gasteiger partial charge in [0.15, 0.2) is 12.6 Å². The van der Waals surface area contributed by atoms with Crippen LogP contribution in [-0.2, 0) is 9.47 Å². The molecule has 4 aliphatic carbocycles. The molecular weight excluding hydrogens is 504 g/mol. The van der Waals surface area contributed by atoms with Gasteiger partial charge < -0.3 is 29.9 Å². The minimum Gasteiger partial charge on any atom is -0.387 e. The molecule has 6 nitrogen and oxygen atoms in total. The maximum atomic E-state index is 10.4. The molecule has 0 aromatic heterocycles. The molecule has 4 fully saturated rings. The Bertz CT molecular complexity index is 905. The molecule has 0 amide bonds. The summed E-state index contributed by atoms with van der Waals surface area (Å²) in [5.74, 6) is 5.64. The van der Waals surface area contributed by atoms with Gasteiger partial charge in [-0.3, -0.25) is 0 Å². The van der Waals surface area contributed by atoms with Gasteiger partial charge in [-0.2, -0.15) is 0 Å². The van der Waals surface area contributed by atoms with Gasteiger partial charge in [-0.1, -0.05) is 66.0 Å². The second-order valence-corrected chi connectivity index (χ2v) is 15.3. The zero-order chi connectivity index (χ0) is 29.0. The molecule has 1 aliphatic heterocycles. The Labute approximate surface area is 242 Å². The summed E-state index contributed by atoms with van der Waals surface area (Å²) in [6.45, 7) is 14.9. The number of hydrogen-bond acceptors (Lipinski definition) is 6. The third-order valence-electron chi connectivity index (χ3n) is 13.1. The maximum absolute atomic E-state index is 10.4. The van der Waals surface area contributed by atoms with Crippen molar-refractivity contribution in [2.24, 2.45) is 52.3 Å². The fourth-order valence-corrected chi connectivity index (χ4v) is 10.5. The number of aliphatic hydroxyl groups is 4. The van der Waals surface area contributed by atoms with E-state index in [0.29, 0.717) is 5.41 Å². The Morgan fingerprint density at radius 3 is 2.38 bits per heavy atom. The molecule has 0 spiro atoms. The normalized spacial score (nSPS) is 48.6. The molecule has 4 N–H and O–H groups in total. The van der Waals surface area contributed by atoms with Crippen LogP contribution < -0.4 is 0 Å². The van der Waals surface area contributed by atoms with Crippen molar-refractivity contribution >= 4 is 0 Å². The van der Waals surface area contributed by atoms with Crippen LogP contribution in [0.4, 0.5) is 0 Å². The van der Waals surface area contributed by atoms with Gasteiger partial charge in [0.2, 0.25) is 0 Å². The van der Waals surface area contributed by atoms with E-state index in [-0.39, 0.29) is 11.5 Å². The van der Waals surface area contributed by atoms with Crippen LogP contribution in [0.5, 0.6) is 0 Å². The van der Waals surface area contributed by atoms with Crippen molar-refractivity contribution in [3.63, 3.8) is 0 Å². The van der Waals surface area contributed by atoms with Crippen molar-refractivity contribution in [1.29, 1.82) is 0 Å². The van der Waals surface area contributed by atoms with Crippen LogP contribution in [0.3, 0.4) is 0 Å². The summed E-state index contributed by atoms with van der Waals surface area (Å²) < 4.78 is 11.4. The summed E-state index contributed by atoms with van der Waals surface area (Å²) in [7, 11) is 0. The summed E-state index contributed by atoms with van der Waals surface area (Å²) in [4.78, 5) is 0. The summed E-state index contributed by atoms with van der Waals surface area (Å²) in [6.07, 6.45) is 8.73. The SMILES string of the molecule is CCC(CCC(C)C1CCC2C3CC=C4CC(OC5OC(O)C(O)C(O)C5O)CCC4(C)C3CCC12C)C(C)C. The molecule has 1 saturated heterocycles. The van der Waals surface area contributed by atoms with Gasteiger partial charge >= 0.3 is 0 Å². The van der Waals surface area contributed by atoms with E-state index in [1.807, 2.05) is 0 Å². The van der Waals surface area contributed by atoms with E-state index in [2.05, 4.69) is 47.6 Å². The summed E-state index contributed by atoms with van der Waals surface area (Å²) in [6, 6.07) is 0. The Morgan fingerprint density at radius 2 is 1.68 bits per heavy atom. The van der Waals surface area contributed by atoms with E-state index in [0.717, 1.165) is 60.7 Å². The third-order valence-corrected chi connectivity index (χ3v) is 13.1. The van der Waals surface area contributed by atoms with Crippen LogP contribution in [0.25, 0.3) is 0 Å². The van der Waals surface area contributed by atoms with Gasteiger partial charge in [0, 0.05) is 0 Å². The van der Waals surface area contributed by atoms with Gasteiger partial charge in [0.05, 0.1) is 6.10 Å². The molecule has 5 rings (SSSR count). The first-order valence-corrected chi connectivity index (χ1v) is 16.6. The average Bonchev–Trinajstić information content (AvgIpc) is 3.28. The summed E-state index contributed by atoms with van der Waals surface area (Å²) in [5.41, 5.74) is 2.16. The average molecular weight is 563 g/mol. The highest BCUT2D eigenvalue weighted by Crippen LogP contribution is 2.67. The van der Waals surface area contributed by atoms with Crippen LogP contribution in [0.1, 0.15) is 112 Å². The van der Waals surface area contributed by atoms with Gasteiger partial charge in [0.1, 0.15) is 18.3 Å². The molecule has 0 aromatic carbocycles. The predicted octanol–water partition coefficient (Wildman–Crippen LogP) is 5.81. The molecule has 6 heteroatoms. The first-order chi connectivity index (χ1) is 18.9. The maximum Gasteiger partial charge on any atom is 0.189 e. The van der Waals surface area contributed by atoms with Gasteiger partial charge in [-0.15, -0.1) is 0 Å². The molecule has 14 atom stereocenters. The molecule has 40 heavy (non-hydrogen) atoms. The number of hydrogen-bond donors (Lipinski definition) is 4. The predicted molar refractivity (Wildman–Crippen MR) is 156 cm³/mol. The Morgan fingerprint density at radius 1 is 0.925 bits per heavy atom. The molecule has 0 aromatic rings. The molecular formula is C34H58O6. The Balaban J connectivity index is 1.24. The summed E-state index contributed by atoms with van der Waals surface area (Å²) >= 11 is 0. The fraction of sp³-hybridized carbons (Fsp3) is 0.941. The van der Waals surface area contributed by atoms with E-state index >= 15 is 0 Å². The van der Waals surface area contributed by atoms with Gasteiger partial charge in [0.25, 0.3) is 0 Å². The van der Waals surface area contributed by atoms with E-state index < -0.39 is 30.9 Å². The lowest BCUT2D eigenvalue weighted by Crippen LogP contribution is -2.59. The number of fused-ring (bicyclic) bond motifs is 5.